The molecule has 0 aliphatic carbocycles. The second-order valence-electron chi connectivity index (χ2n) is 9.22. The number of amides is 3. The number of benzene rings is 4. The highest BCUT2D eigenvalue weighted by Gasteiger charge is 2.37. The molecular weight excluding hydrogens is 496 g/mol. The molecule has 1 N–H and O–H groups in total. The van der Waals surface area contributed by atoms with Crippen LogP contribution in [0, 0.1) is 10.1 Å². The monoisotopic (exact) mass is 516 g/mol. The maximum absolute atomic E-state index is 13.2. The van der Waals surface area contributed by atoms with E-state index in [9.17, 15) is 24.5 Å². The average molecular weight is 517 g/mol. The Morgan fingerprint density at radius 2 is 1.49 bits per heavy atom. The average Bonchev–Trinajstić information content (AvgIpc) is 3.41. The van der Waals surface area contributed by atoms with Gasteiger partial charge >= 0.3 is 0 Å². The summed E-state index contributed by atoms with van der Waals surface area (Å²) in [5, 5.41) is 14.2. The van der Waals surface area contributed by atoms with Gasteiger partial charge in [-0.3, -0.25) is 34.4 Å². The van der Waals surface area contributed by atoms with Crippen molar-refractivity contribution in [1.82, 2.24) is 4.90 Å². The molecule has 3 amide bonds. The lowest BCUT2D eigenvalue weighted by Gasteiger charge is -2.16. The zero-order chi connectivity index (χ0) is 27.1. The van der Waals surface area contributed by atoms with Gasteiger partial charge in [0.05, 0.1) is 34.0 Å². The van der Waals surface area contributed by atoms with Crippen molar-refractivity contribution >= 4 is 40.5 Å². The van der Waals surface area contributed by atoms with Gasteiger partial charge in [0.25, 0.3) is 17.5 Å². The van der Waals surface area contributed by atoms with Crippen molar-refractivity contribution in [2.24, 2.45) is 4.99 Å². The number of hydrogen-bond donors (Lipinski definition) is 1. The van der Waals surface area contributed by atoms with Gasteiger partial charge < -0.3 is 5.32 Å². The lowest BCUT2D eigenvalue weighted by molar-refractivity contribution is -0.384. The summed E-state index contributed by atoms with van der Waals surface area (Å²) in [5.74, 6) is -1.89. The standard InChI is InChI=1S/C30H20N4O5/c35-28-26(24-16-21(34(38)39)14-15-25(24)32-28)27(31-20-6-2-1-3-7-20)19-12-10-18(11-13-19)17-33-29(36)22-8-4-5-9-23(22)30(33)37/h1-16,26H,17H2,(H,32,35). The van der Waals surface area contributed by atoms with Crippen LogP contribution < -0.4 is 5.32 Å². The molecule has 39 heavy (non-hydrogen) atoms. The second-order valence-corrected chi connectivity index (χ2v) is 9.22. The topological polar surface area (TPSA) is 122 Å². The Morgan fingerprint density at radius 1 is 0.846 bits per heavy atom. The van der Waals surface area contributed by atoms with Crippen molar-refractivity contribution in [2.45, 2.75) is 12.5 Å². The van der Waals surface area contributed by atoms with E-state index < -0.39 is 10.8 Å². The third-order valence-corrected chi connectivity index (χ3v) is 6.82. The van der Waals surface area contributed by atoms with Crippen LogP contribution in [-0.4, -0.2) is 33.3 Å². The lowest BCUT2D eigenvalue weighted by Crippen LogP contribution is -2.29. The number of para-hydroxylation sites is 1. The van der Waals surface area contributed by atoms with E-state index in [0.29, 0.717) is 39.3 Å². The molecule has 190 valence electrons. The van der Waals surface area contributed by atoms with Crippen molar-refractivity contribution in [3.8, 4) is 0 Å². The number of aliphatic imine (C=N–C) groups is 1. The van der Waals surface area contributed by atoms with E-state index in [2.05, 4.69) is 5.32 Å². The van der Waals surface area contributed by atoms with Crippen molar-refractivity contribution in [3.63, 3.8) is 0 Å². The number of nitrogens with zero attached hydrogens (tertiary/aromatic N) is 3. The highest BCUT2D eigenvalue weighted by molar-refractivity contribution is 6.24. The number of carbonyl (C=O) groups excluding carboxylic acids is 3. The molecule has 1 unspecified atom stereocenters. The first-order valence-electron chi connectivity index (χ1n) is 12.2. The Kier molecular flexibility index (Phi) is 5.80. The fourth-order valence-corrected chi connectivity index (χ4v) is 4.92. The fraction of sp³-hybridized carbons (Fsp3) is 0.0667. The Labute approximate surface area is 222 Å². The van der Waals surface area contributed by atoms with Gasteiger partial charge in [-0.15, -0.1) is 0 Å². The number of nitrogens with one attached hydrogen (secondary N) is 1. The molecular formula is C30H20N4O5. The molecule has 0 saturated carbocycles. The third-order valence-electron chi connectivity index (χ3n) is 6.82. The minimum Gasteiger partial charge on any atom is -0.325 e. The van der Waals surface area contributed by atoms with E-state index in [4.69, 9.17) is 4.99 Å². The van der Waals surface area contributed by atoms with Crippen LogP contribution in [0.4, 0.5) is 17.1 Å². The number of nitro benzene ring substituents is 1. The summed E-state index contributed by atoms with van der Waals surface area (Å²) in [7, 11) is 0. The van der Waals surface area contributed by atoms with Gasteiger partial charge in [0, 0.05) is 23.4 Å². The maximum Gasteiger partial charge on any atom is 0.269 e. The van der Waals surface area contributed by atoms with Crippen molar-refractivity contribution in [3.05, 3.63) is 135 Å². The normalized spacial score (nSPS) is 16.2. The highest BCUT2D eigenvalue weighted by atomic mass is 16.6. The summed E-state index contributed by atoms with van der Waals surface area (Å²) in [6, 6.07) is 27.2. The van der Waals surface area contributed by atoms with Crippen LogP contribution in [-0.2, 0) is 11.3 Å². The Hall–Kier alpha value is -5.44. The van der Waals surface area contributed by atoms with Crippen molar-refractivity contribution in [2.75, 3.05) is 5.32 Å². The van der Waals surface area contributed by atoms with Gasteiger partial charge in [-0.1, -0.05) is 54.6 Å². The van der Waals surface area contributed by atoms with Crippen LogP contribution in [0.5, 0.6) is 0 Å². The van der Waals surface area contributed by atoms with Crippen LogP contribution in [0.15, 0.2) is 102 Å². The summed E-state index contributed by atoms with van der Waals surface area (Å²) in [4.78, 5) is 55.7. The molecule has 2 aliphatic rings. The summed E-state index contributed by atoms with van der Waals surface area (Å²) in [5.41, 5.74) is 4.01. The van der Waals surface area contributed by atoms with E-state index >= 15 is 0 Å². The first kappa shape index (κ1) is 23.9. The molecule has 4 aromatic rings. The van der Waals surface area contributed by atoms with E-state index in [0.717, 1.165) is 5.56 Å². The van der Waals surface area contributed by atoms with Crippen LogP contribution in [0.25, 0.3) is 0 Å². The number of fused-ring (bicyclic) bond motifs is 2. The lowest BCUT2D eigenvalue weighted by atomic mass is 9.90. The summed E-state index contributed by atoms with van der Waals surface area (Å²) in [6.45, 7) is 0.0940. The molecule has 9 heteroatoms. The Balaban J connectivity index is 1.36. The van der Waals surface area contributed by atoms with Crippen molar-refractivity contribution < 1.29 is 19.3 Å². The minimum atomic E-state index is -0.873. The summed E-state index contributed by atoms with van der Waals surface area (Å²) >= 11 is 0. The summed E-state index contributed by atoms with van der Waals surface area (Å²) in [6.07, 6.45) is 0. The smallest absolute Gasteiger partial charge is 0.269 e. The zero-order valence-corrected chi connectivity index (χ0v) is 20.4. The number of non-ortho nitro benzene ring substituents is 1. The molecule has 9 nitrogen and oxygen atoms in total. The van der Waals surface area contributed by atoms with Gasteiger partial charge in [0.1, 0.15) is 5.92 Å². The number of imide groups is 1. The first-order valence-corrected chi connectivity index (χ1v) is 12.2. The first-order chi connectivity index (χ1) is 18.9. The Morgan fingerprint density at radius 3 is 2.13 bits per heavy atom. The molecule has 0 bridgehead atoms. The Bertz CT molecular complexity index is 1660. The molecule has 2 heterocycles. The minimum absolute atomic E-state index is 0.0940. The van der Waals surface area contributed by atoms with Gasteiger partial charge in [-0.05, 0) is 41.5 Å². The molecule has 0 aromatic heterocycles. The van der Waals surface area contributed by atoms with Gasteiger partial charge in [0.15, 0.2) is 0 Å². The van der Waals surface area contributed by atoms with E-state index in [-0.39, 0.29) is 30.0 Å². The SMILES string of the molecule is O=C1Nc2ccc([N+](=O)[O-])cc2C1C(=Nc1ccccc1)c1ccc(CN2C(=O)c3ccccc3C2=O)cc1. The van der Waals surface area contributed by atoms with Crippen LogP contribution >= 0.6 is 0 Å². The molecule has 1 atom stereocenters. The van der Waals surface area contributed by atoms with Crippen LogP contribution in [0.3, 0.4) is 0 Å². The van der Waals surface area contributed by atoms with Gasteiger partial charge in [-0.25, -0.2) is 0 Å². The van der Waals surface area contributed by atoms with E-state index in [1.807, 2.05) is 18.2 Å². The number of rotatable bonds is 6. The van der Waals surface area contributed by atoms with E-state index in [1.165, 1.54) is 23.1 Å². The second kappa shape index (κ2) is 9.46. The molecule has 0 spiro atoms. The maximum atomic E-state index is 13.2. The molecule has 6 rings (SSSR count). The molecule has 2 aliphatic heterocycles. The molecule has 0 radical (unpaired) electrons. The zero-order valence-electron chi connectivity index (χ0n) is 20.4. The predicted molar refractivity (Wildman–Crippen MR) is 144 cm³/mol. The molecule has 0 saturated heterocycles. The van der Waals surface area contributed by atoms with E-state index in [1.54, 1.807) is 60.7 Å². The predicted octanol–water partition coefficient (Wildman–Crippen LogP) is 5.25. The quantitative estimate of drug-likeness (QED) is 0.162. The number of anilines is 1. The number of nitro groups is 1. The molecule has 0 fully saturated rings. The van der Waals surface area contributed by atoms with Crippen molar-refractivity contribution in [1.29, 1.82) is 0 Å². The van der Waals surface area contributed by atoms with Gasteiger partial charge in [-0.2, -0.15) is 0 Å². The van der Waals surface area contributed by atoms with Crippen LogP contribution in [0.2, 0.25) is 0 Å². The highest BCUT2D eigenvalue weighted by Crippen LogP contribution is 2.38. The summed E-state index contributed by atoms with van der Waals surface area (Å²) < 4.78 is 0. The van der Waals surface area contributed by atoms with Gasteiger partial charge in [0.2, 0.25) is 5.91 Å². The number of hydrogen-bond acceptors (Lipinski definition) is 6. The fourth-order valence-electron chi connectivity index (χ4n) is 4.92. The van der Waals surface area contributed by atoms with Crippen LogP contribution in [0.1, 0.15) is 43.3 Å². The number of carbonyl (C=O) groups is 3. The largest absolute Gasteiger partial charge is 0.325 e. The molecule has 4 aromatic carbocycles. The third kappa shape index (κ3) is 4.25.